The summed E-state index contributed by atoms with van der Waals surface area (Å²) in [4.78, 5) is 24.5. The van der Waals surface area contributed by atoms with Crippen molar-refractivity contribution in [2.45, 2.75) is 6.92 Å². The van der Waals surface area contributed by atoms with Gasteiger partial charge in [0.05, 0.1) is 6.61 Å². The number of anilines is 1. The van der Waals surface area contributed by atoms with Crippen molar-refractivity contribution in [2.24, 2.45) is 0 Å². The van der Waals surface area contributed by atoms with Gasteiger partial charge in [-0.25, -0.2) is 9.18 Å². The number of thiophene rings is 1. The predicted octanol–water partition coefficient (Wildman–Crippen LogP) is 4.87. The summed E-state index contributed by atoms with van der Waals surface area (Å²) in [5.41, 5.74) is 1.03. The van der Waals surface area contributed by atoms with E-state index < -0.39 is 0 Å². The van der Waals surface area contributed by atoms with Gasteiger partial charge in [-0.3, -0.25) is 4.79 Å². The maximum atomic E-state index is 12.9. The van der Waals surface area contributed by atoms with Crippen LogP contribution in [0.5, 0.6) is 0 Å². The van der Waals surface area contributed by atoms with Crippen molar-refractivity contribution in [3.8, 4) is 0 Å². The van der Waals surface area contributed by atoms with Gasteiger partial charge < -0.3 is 10.1 Å². The van der Waals surface area contributed by atoms with Crippen LogP contribution in [-0.4, -0.2) is 18.5 Å². The molecule has 26 heavy (non-hydrogen) atoms. The Morgan fingerprint density at radius 1 is 1.15 bits per heavy atom. The van der Waals surface area contributed by atoms with E-state index in [2.05, 4.69) is 5.32 Å². The van der Waals surface area contributed by atoms with Crippen molar-refractivity contribution in [3.63, 3.8) is 0 Å². The lowest BCUT2D eigenvalue weighted by atomic mass is 10.2. The Labute approximate surface area is 153 Å². The summed E-state index contributed by atoms with van der Waals surface area (Å²) in [6.07, 6.45) is 3.10. The lowest BCUT2D eigenvalue weighted by molar-refractivity contribution is -0.137. The molecule has 0 atom stereocenters. The molecule has 0 saturated carbocycles. The van der Waals surface area contributed by atoms with E-state index >= 15 is 0 Å². The van der Waals surface area contributed by atoms with Crippen LogP contribution in [0.15, 0.2) is 54.6 Å². The minimum atomic E-state index is -0.385. The zero-order valence-electron chi connectivity index (χ0n) is 14.0. The van der Waals surface area contributed by atoms with Crippen molar-refractivity contribution >= 4 is 45.1 Å². The third kappa shape index (κ3) is 4.34. The molecule has 1 amide bonds. The number of benzene rings is 2. The number of esters is 1. The van der Waals surface area contributed by atoms with E-state index in [0.29, 0.717) is 17.9 Å². The van der Waals surface area contributed by atoms with Gasteiger partial charge in [0.1, 0.15) is 5.82 Å². The van der Waals surface area contributed by atoms with Crippen LogP contribution in [0.4, 0.5) is 10.1 Å². The van der Waals surface area contributed by atoms with Gasteiger partial charge in [-0.05, 0) is 66.9 Å². The molecule has 4 nitrogen and oxygen atoms in total. The van der Waals surface area contributed by atoms with E-state index in [0.717, 1.165) is 15.0 Å². The highest BCUT2D eigenvalue weighted by Crippen LogP contribution is 2.29. The topological polar surface area (TPSA) is 55.4 Å². The molecule has 6 heteroatoms. The maximum Gasteiger partial charge on any atom is 0.330 e. The van der Waals surface area contributed by atoms with Crippen molar-refractivity contribution in [1.82, 2.24) is 0 Å². The van der Waals surface area contributed by atoms with Crippen LogP contribution in [0.2, 0.25) is 0 Å². The third-order valence-electron chi connectivity index (χ3n) is 3.57. The first-order valence-corrected chi connectivity index (χ1v) is 8.82. The lowest BCUT2D eigenvalue weighted by Crippen LogP contribution is -2.11. The molecule has 0 aliphatic carbocycles. The van der Waals surface area contributed by atoms with E-state index in [-0.39, 0.29) is 17.7 Å². The number of hydrogen-bond donors (Lipinski definition) is 1. The summed E-state index contributed by atoms with van der Waals surface area (Å²) in [7, 11) is 0. The van der Waals surface area contributed by atoms with Crippen LogP contribution in [0.1, 0.15) is 22.2 Å². The molecule has 0 spiro atoms. The van der Waals surface area contributed by atoms with Crippen LogP contribution in [0.3, 0.4) is 0 Å². The Hall–Kier alpha value is -2.99. The van der Waals surface area contributed by atoms with Crippen molar-refractivity contribution in [1.29, 1.82) is 0 Å². The summed E-state index contributed by atoms with van der Waals surface area (Å²) in [5, 5.41) is 3.75. The van der Waals surface area contributed by atoms with Crippen LogP contribution in [0, 0.1) is 5.82 Å². The monoisotopic (exact) mass is 369 g/mol. The second kappa shape index (κ2) is 7.93. The molecular formula is C20H16FNO3S. The molecule has 0 aliphatic rings. The smallest absolute Gasteiger partial charge is 0.330 e. The van der Waals surface area contributed by atoms with Crippen LogP contribution in [0.25, 0.3) is 16.2 Å². The summed E-state index contributed by atoms with van der Waals surface area (Å²) in [5.74, 6) is -1.07. The summed E-state index contributed by atoms with van der Waals surface area (Å²) >= 11 is 1.53. The highest BCUT2D eigenvalue weighted by atomic mass is 32.1. The number of nitrogens with one attached hydrogen (secondary N) is 1. The standard InChI is InChI=1S/C20H16FNO3S/c1-2-25-19(23)10-8-17-12-14-11-16(7-9-18(14)26-17)22-20(24)13-3-5-15(21)6-4-13/h3-12H,2H2,1H3,(H,22,24)/b10-8+. The van der Waals surface area contributed by atoms with Gasteiger partial charge in [0.2, 0.25) is 0 Å². The fourth-order valence-corrected chi connectivity index (χ4v) is 3.32. The summed E-state index contributed by atoms with van der Waals surface area (Å²) in [6, 6.07) is 12.9. The van der Waals surface area contributed by atoms with Crippen molar-refractivity contribution in [3.05, 3.63) is 70.9 Å². The fourth-order valence-electron chi connectivity index (χ4n) is 2.37. The number of ether oxygens (including phenoxy) is 1. The Balaban J connectivity index is 1.75. The van der Waals surface area contributed by atoms with Crippen LogP contribution < -0.4 is 5.32 Å². The quantitative estimate of drug-likeness (QED) is 0.516. The van der Waals surface area contributed by atoms with Gasteiger partial charge in [0.25, 0.3) is 5.91 Å². The van der Waals surface area contributed by atoms with E-state index in [4.69, 9.17) is 4.74 Å². The number of rotatable bonds is 5. The number of carbonyl (C=O) groups excluding carboxylic acids is 2. The molecule has 1 aromatic heterocycles. The second-order valence-corrected chi connectivity index (χ2v) is 6.56. The number of fused-ring (bicyclic) bond motifs is 1. The molecule has 0 saturated heterocycles. The Morgan fingerprint density at radius 2 is 1.92 bits per heavy atom. The van der Waals surface area contributed by atoms with Gasteiger partial charge in [0.15, 0.2) is 0 Å². The van der Waals surface area contributed by atoms with Crippen LogP contribution in [-0.2, 0) is 9.53 Å². The Morgan fingerprint density at radius 3 is 2.65 bits per heavy atom. The van der Waals surface area contributed by atoms with E-state index in [9.17, 15) is 14.0 Å². The first-order chi connectivity index (χ1) is 12.5. The first kappa shape index (κ1) is 17.8. The highest BCUT2D eigenvalue weighted by Gasteiger charge is 2.08. The average Bonchev–Trinajstić information content (AvgIpc) is 3.03. The number of halogens is 1. The number of amides is 1. The molecule has 3 rings (SSSR count). The maximum absolute atomic E-state index is 12.9. The van der Waals surface area contributed by atoms with E-state index in [1.54, 1.807) is 19.1 Å². The molecule has 3 aromatic rings. The molecule has 0 aliphatic heterocycles. The minimum Gasteiger partial charge on any atom is -0.463 e. The SMILES string of the molecule is CCOC(=O)/C=C/c1cc2cc(NC(=O)c3ccc(F)cc3)ccc2s1. The van der Waals surface area contributed by atoms with Gasteiger partial charge in [0, 0.05) is 26.9 Å². The second-order valence-electron chi connectivity index (χ2n) is 5.45. The minimum absolute atomic E-state index is 0.304. The third-order valence-corrected chi connectivity index (χ3v) is 4.65. The largest absolute Gasteiger partial charge is 0.463 e. The fraction of sp³-hybridized carbons (Fsp3) is 0.100. The average molecular weight is 369 g/mol. The van der Waals surface area contributed by atoms with E-state index in [1.807, 2.05) is 18.2 Å². The molecule has 1 heterocycles. The Bertz CT molecular complexity index is 976. The van der Waals surface area contributed by atoms with Gasteiger partial charge in [-0.1, -0.05) is 0 Å². The molecule has 1 N–H and O–H groups in total. The van der Waals surface area contributed by atoms with Gasteiger partial charge in [-0.2, -0.15) is 0 Å². The Kier molecular flexibility index (Phi) is 5.43. The lowest BCUT2D eigenvalue weighted by Gasteiger charge is -2.05. The number of carbonyl (C=O) groups is 2. The number of hydrogen-bond acceptors (Lipinski definition) is 4. The zero-order valence-corrected chi connectivity index (χ0v) is 14.8. The molecule has 0 bridgehead atoms. The van der Waals surface area contributed by atoms with Gasteiger partial charge >= 0.3 is 5.97 Å². The van der Waals surface area contributed by atoms with Crippen LogP contribution >= 0.6 is 11.3 Å². The molecular weight excluding hydrogens is 353 g/mol. The predicted molar refractivity (Wildman–Crippen MR) is 102 cm³/mol. The van der Waals surface area contributed by atoms with Crippen molar-refractivity contribution < 1.29 is 18.7 Å². The molecule has 2 aromatic carbocycles. The summed E-state index contributed by atoms with van der Waals surface area (Å²) < 4.78 is 18.8. The van der Waals surface area contributed by atoms with Crippen molar-refractivity contribution in [2.75, 3.05) is 11.9 Å². The van der Waals surface area contributed by atoms with Gasteiger partial charge in [-0.15, -0.1) is 11.3 Å². The molecule has 132 valence electrons. The molecule has 0 radical (unpaired) electrons. The zero-order chi connectivity index (χ0) is 18.5. The summed E-state index contributed by atoms with van der Waals surface area (Å²) in [6.45, 7) is 2.10. The molecule has 0 fully saturated rings. The first-order valence-electron chi connectivity index (χ1n) is 8.00. The highest BCUT2D eigenvalue weighted by molar-refractivity contribution is 7.19. The molecule has 0 unspecified atom stereocenters. The normalized spacial score (nSPS) is 11.0. The van der Waals surface area contributed by atoms with E-state index in [1.165, 1.54) is 41.7 Å².